The normalized spacial score (nSPS) is 10.4. The third-order valence-electron chi connectivity index (χ3n) is 2.63. The Morgan fingerprint density at radius 2 is 1.89 bits per heavy atom. The second kappa shape index (κ2) is 5.51. The monoisotopic (exact) mass is 281 g/mol. The number of phenolic OH excluding ortho intramolecular Hbond substituents is 1. The summed E-state index contributed by atoms with van der Waals surface area (Å²) < 4.78 is 0. The predicted octanol–water partition coefficient (Wildman–Crippen LogP) is 4.62. The zero-order chi connectivity index (χ0) is 13.1. The van der Waals surface area contributed by atoms with Crippen LogP contribution in [0.25, 0.3) is 0 Å². The smallest absolute Gasteiger partial charge is 0.120 e. The molecule has 0 saturated carbocycles. The molecule has 0 amide bonds. The summed E-state index contributed by atoms with van der Waals surface area (Å²) in [6, 6.07) is 10.7. The van der Waals surface area contributed by atoms with E-state index in [2.05, 4.69) is 5.32 Å². The summed E-state index contributed by atoms with van der Waals surface area (Å²) in [6.45, 7) is 2.48. The number of rotatable bonds is 3. The molecule has 18 heavy (non-hydrogen) atoms. The molecule has 0 bridgehead atoms. The van der Waals surface area contributed by atoms with Crippen molar-refractivity contribution in [3.63, 3.8) is 0 Å². The molecule has 2 aromatic rings. The Kier molecular flexibility index (Phi) is 4.00. The average molecular weight is 282 g/mol. The minimum Gasteiger partial charge on any atom is -0.508 e. The standard InChI is InChI=1S/C14H13Cl2NO/c1-9-2-5-14(18)10(6-9)8-17-13-7-11(15)3-4-12(13)16/h2-7,17-18H,8H2,1H3. The molecule has 94 valence electrons. The van der Waals surface area contributed by atoms with Gasteiger partial charge in [0.25, 0.3) is 0 Å². The Morgan fingerprint density at radius 1 is 1.11 bits per heavy atom. The van der Waals surface area contributed by atoms with Gasteiger partial charge in [0.1, 0.15) is 5.75 Å². The van der Waals surface area contributed by atoms with Crippen molar-refractivity contribution in [2.24, 2.45) is 0 Å². The molecule has 0 aromatic heterocycles. The van der Waals surface area contributed by atoms with E-state index in [1.54, 1.807) is 24.3 Å². The van der Waals surface area contributed by atoms with Gasteiger partial charge in [-0.2, -0.15) is 0 Å². The van der Waals surface area contributed by atoms with Crippen molar-refractivity contribution >= 4 is 28.9 Å². The van der Waals surface area contributed by atoms with E-state index in [1.807, 2.05) is 19.1 Å². The van der Waals surface area contributed by atoms with E-state index in [1.165, 1.54) is 0 Å². The summed E-state index contributed by atoms with van der Waals surface area (Å²) in [7, 11) is 0. The van der Waals surface area contributed by atoms with Crippen LogP contribution in [0.2, 0.25) is 10.0 Å². The summed E-state index contributed by atoms with van der Waals surface area (Å²) in [5.74, 6) is 0.270. The molecule has 4 heteroatoms. The van der Waals surface area contributed by atoms with Gasteiger partial charge in [-0.05, 0) is 31.2 Å². The molecule has 2 N–H and O–H groups in total. The highest BCUT2D eigenvalue weighted by molar-refractivity contribution is 6.35. The topological polar surface area (TPSA) is 32.3 Å². The van der Waals surface area contributed by atoms with Crippen LogP contribution in [0, 0.1) is 6.92 Å². The summed E-state index contributed by atoms with van der Waals surface area (Å²) in [5, 5.41) is 14.1. The van der Waals surface area contributed by atoms with E-state index in [-0.39, 0.29) is 5.75 Å². The van der Waals surface area contributed by atoms with E-state index in [0.29, 0.717) is 16.6 Å². The van der Waals surface area contributed by atoms with Gasteiger partial charge < -0.3 is 10.4 Å². The maximum absolute atomic E-state index is 9.74. The molecule has 2 nitrogen and oxygen atoms in total. The van der Waals surface area contributed by atoms with Crippen molar-refractivity contribution in [1.82, 2.24) is 0 Å². The number of benzene rings is 2. The molecule has 0 heterocycles. The fourth-order valence-electron chi connectivity index (χ4n) is 1.68. The molecule has 0 radical (unpaired) electrons. The summed E-state index contributed by atoms with van der Waals surface area (Å²) in [4.78, 5) is 0. The lowest BCUT2D eigenvalue weighted by atomic mass is 10.1. The molecule has 0 fully saturated rings. The first kappa shape index (κ1) is 13.1. The van der Waals surface area contributed by atoms with Crippen molar-refractivity contribution < 1.29 is 5.11 Å². The third-order valence-corrected chi connectivity index (χ3v) is 3.20. The number of hydrogen-bond donors (Lipinski definition) is 2. The number of nitrogens with one attached hydrogen (secondary N) is 1. The third kappa shape index (κ3) is 3.09. The van der Waals surface area contributed by atoms with Crippen LogP contribution < -0.4 is 5.32 Å². The van der Waals surface area contributed by atoms with Gasteiger partial charge in [0.15, 0.2) is 0 Å². The number of aromatic hydroxyl groups is 1. The van der Waals surface area contributed by atoms with Gasteiger partial charge in [-0.3, -0.25) is 0 Å². The fraction of sp³-hybridized carbons (Fsp3) is 0.143. The Morgan fingerprint density at radius 3 is 2.67 bits per heavy atom. The lowest BCUT2D eigenvalue weighted by Crippen LogP contribution is -2.00. The highest BCUT2D eigenvalue weighted by Gasteiger charge is 2.04. The summed E-state index contributed by atoms with van der Waals surface area (Å²) in [5.41, 5.74) is 2.68. The lowest BCUT2D eigenvalue weighted by Gasteiger charge is -2.10. The number of anilines is 1. The Balaban J connectivity index is 2.16. The van der Waals surface area contributed by atoms with Gasteiger partial charge in [-0.25, -0.2) is 0 Å². The number of phenols is 1. The summed E-state index contributed by atoms with van der Waals surface area (Å²) >= 11 is 12.0. The van der Waals surface area contributed by atoms with Crippen LogP contribution in [0.4, 0.5) is 5.69 Å². The Bertz CT molecular complexity index is 518. The molecule has 0 atom stereocenters. The van der Waals surface area contributed by atoms with Gasteiger partial charge in [-0.15, -0.1) is 0 Å². The highest BCUT2D eigenvalue weighted by atomic mass is 35.5. The maximum atomic E-state index is 9.74. The fourth-order valence-corrected chi connectivity index (χ4v) is 2.04. The Hall–Kier alpha value is -1.38. The largest absolute Gasteiger partial charge is 0.508 e. The van der Waals surface area contributed by atoms with Gasteiger partial charge >= 0.3 is 0 Å². The van der Waals surface area contributed by atoms with E-state index < -0.39 is 0 Å². The molecule has 0 saturated heterocycles. The zero-order valence-electron chi connectivity index (χ0n) is 9.87. The van der Waals surface area contributed by atoms with Crippen LogP contribution in [0.5, 0.6) is 5.75 Å². The molecule has 2 rings (SSSR count). The van der Waals surface area contributed by atoms with Crippen molar-refractivity contribution in [2.75, 3.05) is 5.32 Å². The van der Waals surface area contributed by atoms with Gasteiger partial charge in [-0.1, -0.05) is 40.9 Å². The molecule has 0 unspecified atom stereocenters. The van der Waals surface area contributed by atoms with E-state index >= 15 is 0 Å². The molecule has 0 aliphatic heterocycles. The molecular formula is C14H13Cl2NO. The number of halogens is 2. The Labute approximate surface area is 116 Å². The molecule has 0 spiro atoms. The van der Waals surface area contributed by atoms with Crippen molar-refractivity contribution in [3.8, 4) is 5.75 Å². The zero-order valence-corrected chi connectivity index (χ0v) is 11.4. The minimum absolute atomic E-state index is 0.270. The number of aryl methyl sites for hydroxylation is 1. The quantitative estimate of drug-likeness (QED) is 0.861. The van der Waals surface area contributed by atoms with Crippen LogP contribution in [0.3, 0.4) is 0 Å². The van der Waals surface area contributed by atoms with E-state index in [4.69, 9.17) is 23.2 Å². The molecule has 0 aliphatic carbocycles. The molecular weight excluding hydrogens is 269 g/mol. The second-order valence-electron chi connectivity index (χ2n) is 4.11. The molecule has 0 aliphatic rings. The van der Waals surface area contributed by atoms with Gasteiger partial charge in [0, 0.05) is 17.1 Å². The lowest BCUT2D eigenvalue weighted by molar-refractivity contribution is 0.469. The van der Waals surface area contributed by atoms with Crippen molar-refractivity contribution in [2.45, 2.75) is 13.5 Å². The average Bonchev–Trinajstić information content (AvgIpc) is 2.34. The van der Waals surface area contributed by atoms with Crippen molar-refractivity contribution in [1.29, 1.82) is 0 Å². The van der Waals surface area contributed by atoms with Gasteiger partial charge in [0.2, 0.25) is 0 Å². The first-order valence-electron chi connectivity index (χ1n) is 5.53. The first-order chi connectivity index (χ1) is 8.56. The second-order valence-corrected chi connectivity index (χ2v) is 4.95. The first-order valence-corrected chi connectivity index (χ1v) is 6.29. The van der Waals surface area contributed by atoms with Crippen LogP contribution in [0.1, 0.15) is 11.1 Å². The predicted molar refractivity (Wildman–Crippen MR) is 76.6 cm³/mol. The maximum Gasteiger partial charge on any atom is 0.120 e. The van der Waals surface area contributed by atoms with Crippen molar-refractivity contribution in [3.05, 3.63) is 57.6 Å². The van der Waals surface area contributed by atoms with E-state index in [9.17, 15) is 5.11 Å². The van der Waals surface area contributed by atoms with Crippen LogP contribution in [0.15, 0.2) is 36.4 Å². The van der Waals surface area contributed by atoms with Crippen LogP contribution in [-0.4, -0.2) is 5.11 Å². The highest BCUT2D eigenvalue weighted by Crippen LogP contribution is 2.27. The van der Waals surface area contributed by atoms with E-state index in [0.717, 1.165) is 16.8 Å². The molecule has 2 aromatic carbocycles. The minimum atomic E-state index is 0.270. The summed E-state index contributed by atoms with van der Waals surface area (Å²) in [6.07, 6.45) is 0. The SMILES string of the molecule is Cc1ccc(O)c(CNc2cc(Cl)ccc2Cl)c1. The number of hydrogen-bond acceptors (Lipinski definition) is 2. The van der Waals surface area contributed by atoms with Gasteiger partial charge in [0.05, 0.1) is 10.7 Å². The van der Waals surface area contributed by atoms with Crippen LogP contribution in [-0.2, 0) is 6.54 Å². The van der Waals surface area contributed by atoms with Crippen LogP contribution >= 0.6 is 23.2 Å².